The Bertz CT molecular complexity index is 1280. The van der Waals surface area contributed by atoms with Crippen LogP contribution in [-0.4, -0.2) is 43.7 Å². The van der Waals surface area contributed by atoms with Gasteiger partial charge in [0, 0.05) is 34.5 Å². The third kappa shape index (κ3) is 4.80. The minimum atomic E-state index is -0.555. The molecule has 0 atom stereocenters. The minimum Gasteiger partial charge on any atom is -0.495 e. The van der Waals surface area contributed by atoms with Gasteiger partial charge < -0.3 is 20.1 Å². The Hall–Kier alpha value is -4.46. The topological polar surface area (TPSA) is 111 Å². The number of nitrogens with one attached hydrogen (secondary N) is 2. The third-order valence-corrected chi connectivity index (χ3v) is 5.32. The van der Waals surface area contributed by atoms with Crippen LogP contribution in [0.3, 0.4) is 0 Å². The highest BCUT2D eigenvalue weighted by atomic mass is 16.5. The Labute approximate surface area is 195 Å². The van der Waals surface area contributed by atoms with Gasteiger partial charge in [0.05, 0.1) is 19.2 Å². The first-order valence-corrected chi connectivity index (χ1v) is 10.6. The molecule has 0 aliphatic heterocycles. The number of esters is 1. The van der Waals surface area contributed by atoms with E-state index in [2.05, 4.69) is 10.6 Å². The highest BCUT2D eigenvalue weighted by molar-refractivity contribution is 6.28. The molecule has 172 valence electrons. The Morgan fingerprint density at radius 3 is 2.21 bits per heavy atom. The number of rotatable bonds is 8. The fraction of sp³-hybridized carbons (Fsp3) is 0.154. The number of hydrogen-bond acceptors (Lipinski definition) is 7. The lowest BCUT2D eigenvalue weighted by atomic mass is 9.84. The maximum atomic E-state index is 12.8. The predicted octanol–water partition coefficient (Wildman–Crippen LogP) is 3.45. The van der Waals surface area contributed by atoms with Crippen molar-refractivity contribution >= 4 is 34.8 Å². The molecule has 4 rings (SSSR count). The van der Waals surface area contributed by atoms with Crippen molar-refractivity contribution in [2.75, 3.05) is 30.9 Å². The molecule has 0 saturated carbocycles. The highest BCUT2D eigenvalue weighted by Gasteiger charge is 2.29. The van der Waals surface area contributed by atoms with Crippen molar-refractivity contribution in [1.29, 1.82) is 0 Å². The van der Waals surface area contributed by atoms with Gasteiger partial charge in [0.15, 0.2) is 18.2 Å². The number of carbonyl (C=O) groups excluding carboxylic acids is 4. The van der Waals surface area contributed by atoms with Crippen molar-refractivity contribution in [1.82, 2.24) is 0 Å². The number of benzene rings is 3. The van der Waals surface area contributed by atoms with Gasteiger partial charge in [-0.25, -0.2) is 0 Å². The molecule has 0 bridgehead atoms. The van der Waals surface area contributed by atoms with E-state index in [1.54, 1.807) is 37.4 Å². The Balaban J connectivity index is 1.29. The zero-order valence-corrected chi connectivity index (χ0v) is 18.4. The van der Waals surface area contributed by atoms with E-state index in [9.17, 15) is 19.2 Å². The maximum Gasteiger partial charge on any atom is 0.308 e. The standard InChI is InChI=1S/C26H22N2O6/c1-33-22-9-5-4-8-21(22)27-13-12-24(30)34-15-23(29)28-16-10-11-19-20(14-16)26(32)18-7-3-2-6-17(18)25(19)31/h2-11,14,27H,12-13,15H2,1H3,(H,28,29). The van der Waals surface area contributed by atoms with Crippen LogP contribution in [0.5, 0.6) is 5.75 Å². The molecule has 3 aromatic carbocycles. The fourth-order valence-corrected chi connectivity index (χ4v) is 3.68. The van der Waals surface area contributed by atoms with Crippen LogP contribution in [0.25, 0.3) is 0 Å². The van der Waals surface area contributed by atoms with Crippen molar-refractivity contribution < 1.29 is 28.7 Å². The summed E-state index contributed by atoms with van der Waals surface area (Å²) < 4.78 is 10.3. The van der Waals surface area contributed by atoms with Crippen LogP contribution in [0, 0.1) is 0 Å². The number of hydrogen-bond donors (Lipinski definition) is 2. The molecule has 1 aliphatic carbocycles. The van der Waals surface area contributed by atoms with E-state index >= 15 is 0 Å². The first kappa shape index (κ1) is 22.7. The second-order valence-corrected chi connectivity index (χ2v) is 7.55. The van der Waals surface area contributed by atoms with Crippen LogP contribution in [-0.2, 0) is 14.3 Å². The van der Waals surface area contributed by atoms with Crippen LogP contribution in [0.2, 0.25) is 0 Å². The van der Waals surface area contributed by atoms with E-state index in [-0.39, 0.29) is 29.1 Å². The van der Waals surface area contributed by atoms with E-state index in [0.717, 1.165) is 5.69 Å². The molecular weight excluding hydrogens is 436 g/mol. The van der Waals surface area contributed by atoms with Crippen LogP contribution in [0.1, 0.15) is 38.3 Å². The molecule has 0 saturated heterocycles. The molecule has 8 nitrogen and oxygen atoms in total. The van der Waals surface area contributed by atoms with Crippen LogP contribution >= 0.6 is 0 Å². The van der Waals surface area contributed by atoms with Crippen LogP contribution in [0.15, 0.2) is 66.7 Å². The van der Waals surface area contributed by atoms with E-state index in [1.807, 2.05) is 18.2 Å². The first-order valence-electron chi connectivity index (χ1n) is 10.6. The zero-order chi connectivity index (χ0) is 24.1. The number of ketones is 2. The van der Waals surface area contributed by atoms with Crippen LogP contribution in [0.4, 0.5) is 11.4 Å². The monoisotopic (exact) mass is 458 g/mol. The van der Waals surface area contributed by atoms with Crippen molar-refractivity contribution in [3.63, 3.8) is 0 Å². The van der Waals surface area contributed by atoms with Crippen molar-refractivity contribution in [3.05, 3.63) is 89.0 Å². The van der Waals surface area contributed by atoms with E-state index in [4.69, 9.17) is 9.47 Å². The summed E-state index contributed by atoms with van der Waals surface area (Å²) in [7, 11) is 1.56. The smallest absolute Gasteiger partial charge is 0.308 e. The first-order chi connectivity index (χ1) is 16.5. The molecule has 1 amide bonds. The molecular formula is C26H22N2O6. The Kier molecular flexibility index (Phi) is 6.68. The van der Waals surface area contributed by atoms with Gasteiger partial charge in [-0.3, -0.25) is 19.2 Å². The number of carbonyl (C=O) groups is 4. The average molecular weight is 458 g/mol. The van der Waals surface area contributed by atoms with Gasteiger partial charge in [-0.1, -0.05) is 36.4 Å². The lowest BCUT2D eigenvalue weighted by Gasteiger charge is -2.18. The number of anilines is 2. The van der Waals surface area contributed by atoms with Crippen LogP contribution < -0.4 is 15.4 Å². The Morgan fingerprint density at radius 2 is 1.47 bits per heavy atom. The Morgan fingerprint density at radius 1 is 0.824 bits per heavy atom. The van der Waals surface area contributed by atoms with Crippen molar-refractivity contribution in [2.45, 2.75) is 6.42 Å². The van der Waals surface area contributed by atoms with Gasteiger partial charge in [-0.05, 0) is 30.3 Å². The quantitative estimate of drug-likeness (QED) is 0.389. The molecule has 0 radical (unpaired) electrons. The summed E-state index contributed by atoms with van der Waals surface area (Å²) in [6.45, 7) is -0.163. The van der Waals surface area contributed by atoms with Gasteiger partial charge >= 0.3 is 5.97 Å². The number of ether oxygens (including phenoxy) is 2. The van der Waals surface area contributed by atoms with Crippen molar-refractivity contribution in [2.24, 2.45) is 0 Å². The summed E-state index contributed by atoms with van der Waals surface area (Å²) >= 11 is 0. The number of methoxy groups -OCH3 is 1. The molecule has 0 spiro atoms. The molecule has 0 aromatic heterocycles. The van der Waals surface area contributed by atoms with Gasteiger partial charge in [0.25, 0.3) is 5.91 Å². The molecule has 8 heteroatoms. The summed E-state index contributed by atoms with van der Waals surface area (Å²) in [6.07, 6.45) is 0.0558. The van der Waals surface area contributed by atoms with E-state index in [0.29, 0.717) is 29.1 Å². The second kappa shape index (κ2) is 9.99. The van der Waals surface area contributed by atoms with Gasteiger partial charge in [0.2, 0.25) is 0 Å². The number of fused-ring (bicyclic) bond motifs is 2. The average Bonchev–Trinajstić information content (AvgIpc) is 2.86. The fourth-order valence-electron chi connectivity index (χ4n) is 3.68. The molecule has 0 heterocycles. The summed E-state index contributed by atoms with van der Waals surface area (Å²) in [6, 6.07) is 18.4. The summed E-state index contributed by atoms with van der Waals surface area (Å²) in [5.74, 6) is -0.959. The predicted molar refractivity (Wildman–Crippen MR) is 125 cm³/mol. The molecule has 0 unspecified atom stereocenters. The minimum absolute atomic E-state index is 0.0558. The maximum absolute atomic E-state index is 12.8. The second-order valence-electron chi connectivity index (χ2n) is 7.55. The molecule has 0 fully saturated rings. The largest absolute Gasteiger partial charge is 0.495 e. The summed E-state index contributed by atoms with van der Waals surface area (Å²) in [4.78, 5) is 49.7. The summed E-state index contributed by atoms with van der Waals surface area (Å²) in [5.41, 5.74) is 2.29. The zero-order valence-electron chi connectivity index (χ0n) is 18.4. The van der Waals surface area contributed by atoms with Gasteiger partial charge in [-0.2, -0.15) is 0 Å². The molecule has 2 N–H and O–H groups in total. The third-order valence-electron chi connectivity index (χ3n) is 5.32. The van der Waals surface area contributed by atoms with Gasteiger partial charge in [0.1, 0.15) is 5.75 Å². The van der Waals surface area contributed by atoms with Gasteiger partial charge in [-0.15, -0.1) is 0 Å². The highest BCUT2D eigenvalue weighted by Crippen LogP contribution is 2.29. The lowest BCUT2D eigenvalue weighted by Crippen LogP contribution is -2.23. The summed E-state index contributed by atoms with van der Waals surface area (Å²) in [5, 5.41) is 5.67. The van der Waals surface area contributed by atoms with E-state index < -0.39 is 18.5 Å². The number of amides is 1. The van der Waals surface area contributed by atoms with Crippen molar-refractivity contribution in [3.8, 4) is 5.75 Å². The molecule has 34 heavy (non-hydrogen) atoms. The SMILES string of the molecule is COc1ccccc1NCCC(=O)OCC(=O)Nc1ccc2c(c1)C(=O)c1ccccc1C2=O. The molecule has 3 aromatic rings. The normalized spacial score (nSPS) is 11.8. The molecule has 1 aliphatic rings. The number of para-hydroxylation sites is 2. The lowest BCUT2D eigenvalue weighted by molar-refractivity contribution is -0.147. The van der Waals surface area contributed by atoms with E-state index in [1.165, 1.54) is 18.2 Å².